The Labute approximate surface area is 91.9 Å². The Balaban J connectivity index is 1.85. The second-order valence-electron chi connectivity index (χ2n) is 5.72. The molecule has 2 bridgehead atoms. The van der Waals surface area contributed by atoms with E-state index in [0.717, 1.165) is 17.8 Å². The van der Waals surface area contributed by atoms with E-state index < -0.39 is 0 Å². The van der Waals surface area contributed by atoms with Gasteiger partial charge in [-0.05, 0) is 42.9 Å². The van der Waals surface area contributed by atoms with Crippen LogP contribution >= 0.6 is 0 Å². The number of Topliss-reactive ketones (excluding diaryl/α,β-unsaturated/α-hetero) is 1. The molecule has 0 aliphatic heterocycles. The van der Waals surface area contributed by atoms with E-state index >= 15 is 0 Å². The number of hydrogen-bond donors (Lipinski definition) is 0. The van der Waals surface area contributed by atoms with Gasteiger partial charge in [-0.3, -0.25) is 4.79 Å². The molecule has 0 heterocycles. The zero-order chi connectivity index (χ0) is 10.6. The minimum Gasteiger partial charge on any atom is -0.300 e. The number of carbonyl (C=O) groups excluding carboxylic acids is 1. The van der Waals surface area contributed by atoms with Crippen LogP contribution in [-0.2, 0) is 4.79 Å². The Morgan fingerprint density at radius 3 is 2.93 bits per heavy atom. The fourth-order valence-electron chi connectivity index (χ4n) is 4.63. The first kappa shape index (κ1) is 9.62. The van der Waals surface area contributed by atoms with Crippen molar-refractivity contribution in [2.24, 2.45) is 29.1 Å². The molecule has 1 nitrogen and oxygen atoms in total. The Hall–Kier alpha value is -0.590. The van der Waals surface area contributed by atoms with E-state index in [1.165, 1.54) is 25.7 Å². The van der Waals surface area contributed by atoms with Crippen molar-refractivity contribution in [3.8, 4) is 0 Å². The standard InChI is InChI=1S/C14H20O/c1-3-4-7-14-11-6-5-10(8-11)13(14)12(14)9(2)15/h5-6,10-13H,3-4,7-8H2,1-2H3/t10-,11+,12?,13+,14-/m0/s1. The van der Waals surface area contributed by atoms with Crippen molar-refractivity contribution in [1.29, 1.82) is 0 Å². The molecule has 0 aromatic heterocycles. The van der Waals surface area contributed by atoms with Crippen molar-refractivity contribution in [2.45, 2.75) is 39.5 Å². The van der Waals surface area contributed by atoms with Crippen molar-refractivity contribution in [3.63, 3.8) is 0 Å². The Bertz CT molecular complexity index is 330. The lowest BCUT2D eigenvalue weighted by Gasteiger charge is -2.21. The smallest absolute Gasteiger partial charge is 0.133 e. The van der Waals surface area contributed by atoms with Crippen molar-refractivity contribution in [3.05, 3.63) is 12.2 Å². The van der Waals surface area contributed by atoms with Gasteiger partial charge in [0, 0.05) is 5.92 Å². The Kier molecular flexibility index (Phi) is 1.90. The van der Waals surface area contributed by atoms with Crippen LogP contribution in [0.3, 0.4) is 0 Å². The molecule has 0 saturated heterocycles. The molecule has 0 aromatic rings. The first-order valence-corrected chi connectivity index (χ1v) is 6.40. The molecule has 15 heavy (non-hydrogen) atoms. The fraction of sp³-hybridized carbons (Fsp3) is 0.786. The molecule has 2 saturated carbocycles. The van der Waals surface area contributed by atoms with E-state index in [1.54, 1.807) is 6.92 Å². The van der Waals surface area contributed by atoms with Gasteiger partial charge in [0.15, 0.2) is 0 Å². The van der Waals surface area contributed by atoms with Gasteiger partial charge in [0.1, 0.15) is 5.78 Å². The minimum atomic E-state index is 0.419. The molecule has 0 N–H and O–H groups in total. The van der Waals surface area contributed by atoms with Crippen molar-refractivity contribution in [2.75, 3.05) is 0 Å². The number of carbonyl (C=O) groups is 1. The number of allylic oxidation sites excluding steroid dienone is 2. The largest absolute Gasteiger partial charge is 0.300 e. The highest BCUT2D eigenvalue weighted by molar-refractivity contribution is 5.84. The molecule has 3 aliphatic rings. The number of ketones is 1. The summed E-state index contributed by atoms with van der Waals surface area (Å²) in [4.78, 5) is 11.7. The van der Waals surface area contributed by atoms with Crippen molar-refractivity contribution < 1.29 is 4.79 Å². The van der Waals surface area contributed by atoms with Gasteiger partial charge in [-0.1, -0.05) is 31.9 Å². The lowest BCUT2D eigenvalue weighted by atomic mass is 9.83. The molecule has 1 heteroatoms. The zero-order valence-corrected chi connectivity index (χ0v) is 9.70. The van der Waals surface area contributed by atoms with Crippen LogP contribution < -0.4 is 0 Å². The molecule has 2 fully saturated rings. The van der Waals surface area contributed by atoms with E-state index in [0.29, 0.717) is 17.1 Å². The van der Waals surface area contributed by atoms with Crippen LogP contribution in [0.1, 0.15) is 39.5 Å². The number of fused-ring (bicyclic) bond motifs is 5. The molecular weight excluding hydrogens is 184 g/mol. The van der Waals surface area contributed by atoms with Crippen LogP contribution in [0.4, 0.5) is 0 Å². The van der Waals surface area contributed by atoms with Gasteiger partial charge in [0.2, 0.25) is 0 Å². The molecule has 0 radical (unpaired) electrons. The summed E-state index contributed by atoms with van der Waals surface area (Å²) in [6.07, 6.45) is 9.99. The summed E-state index contributed by atoms with van der Waals surface area (Å²) < 4.78 is 0. The van der Waals surface area contributed by atoms with Crippen LogP contribution in [0.15, 0.2) is 12.2 Å². The third kappa shape index (κ3) is 1.02. The first-order valence-electron chi connectivity index (χ1n) is 6.40. The minimum absolute atomic E-state index is 0.419. The average molecular weight is 204 g/mol. The highest BCUT2D eigenvalue weighted by atomic mass is 16.1. The van der Waals surface area contributed by atoms with Crippen LogP contribution in [0.5, 0.6) is 0 Å². The van der Waals surface area contributed by atoms with Crippen molar-refractivity contribution in [1.82, 2.24) is 0 Å². The second kappa shape index (κ2) is 2.96. The molecule has 5 atom stereocenters. The number of hydrogen-bond acceptors (Lipinski definition) is 1. The van der Waals surface area contributed by atoms with E-state index in [9.17, 15) is 4.79 Å². The van der Waals surface area contributed by atoms with Gasteiger partial charge < -0.3 is 0 Å². The molecule has 0 spiro atoms. The summed E-state index contributed by atoms with van der Waals surface area (Å²) in [7, 11) is 0. The Morgan fingerprint density at radius 2 is 2.27 bits per heavy atom. The molecular formula is C14H20O. The van der Waals surface area contributed by atoms with Gasteiger partial charge in [0.05, 0.1) is 0 Å². The molecule has 1 unspecified atom stereocenters. The monoisotopic (exact) mass is 204 g/mol. The molecule has 82 valence electrons. The second-order valence-corrected chi connectivity index (χ2v) is 5.72. The summed E-state index contributed by atoms with van der Waals surface area (Å²) >= 11 is 0. The van der Waals surface area contributed by atoms with E-state index in [-0.39, 0.29) is 0 Å². The highest BCUT2D eigenvalue weighted by Gasteiger charge is 2.75. The highest BCUT2D eigenvalue weighted by Crippen LogP contribution is 2.77. The molecule has 0 amide bonds. The van der Waals surface area contributed by atoms with Gasteiger partial charge in [-0.2, -0.15) is 0 Å². The van der Waals surface area contributed by atoms with Crippen molar-refractivity contribution >= 4 is 5.78 Å². The predicted octanol–water partition coefficient (Wildman–Crippen LogP) is 3.20. The quantitative estimate of drug-likeness (QED) is 0.643. The SMILES string of the molecule is CCCC[C@]12C(C(C)=O)[C@H]1[C@H]1C=C[C@@H]2C1. The van der Waals surface area contributed by atoms with Gasteiger partial charge >= 0.3 is 0 Å². The normalized spacial score (nSPS) is 49.5. The van der Waals surface area contributed by atoms with Crippen LogP contribution in [0.25, 0.3) is 0 Å². The van der Waals surface area contributed by atoms with Gasteiger partial charge in [0.25, 0.3) is 0 Å². The number of unbranched alkanes of at least 4 members (excludes halogenated alkanes) is 1. The maximum absolute atomic E-state index is 11.7. The molecule has 3 aliphatic carbocycles. The van der Waals surface area contributed by atoms with E-state index in [2.05, 4.69) is 19.1 Å². The van der Waals surface area contributed by atoms with Crippen LogP contribution in [0, 0.1) is 29.1 Å². The third-order valence-corrected chi connectivity index (χ3v) is 5.12. The maximum atomic E-state index is 11.7. The van der Waals surface area contributed by atoms with Crippen LogP contribution in [-0.4, -0.2) is 5.78 Å². The first-order chi connectivity index (χ1) is 7.21. The van der Waals surface area contributed by atoms with Crippen LogP contribution in [0.2, 0.25) is 0 Å². The third-order valence-electron chi connectivity index (χ3n) is 5.12. The maximum Gasteiger partial charge on any atom is 0.133 e. The summed E-state index contributed by atoms with van der Waals surface area (Å²) in [5.41, 5.74) is 0.432. The summed E-state index contributed by atoms with van der Waals surface area (Å²) in [5.74, 6) is 3.10. The zero-order valence-electron chi connectivity index (χ0n) is 9.70. The predicted molar refractivity (Wildman–Crippen MR) is 60.4 cm³/mol. The van der Waals surface area contributed by atoms with Gasteiger partial charge in [-0.15, -0.1) is 0 Å². The van der Waals surface area contributed by atoms with E-state index in [4.69, 9.17) is 0 Å². The topological polar surface area (TPSA) is 17.1 Å². The van der Waals surface area contributed by atoms with E-state index in [1.807, 2.05) is 0 Å². The Morgan fingerprint density at radius 1 is 1.47 bits per heavy atom. The average Bonchev–Trinajstić information content (AvgIpc) is 2.55. The summed E-state index contributed by atoms with van der Waals surface area (Å²) in [6.45, 7) is 4.05. The summed E-state index contributed by atoms with van der Waals surface area (Å²) in [5, 5.41) is 0. The lowest BCUT2D eigenvalue weighted by molar-refractivity contribution is -0.119. The number of rotatable bonds is 4. The molecule has 0 aromatic carbocycles. The summed E-state index contributed by atoms with van der Waals surface area (Å²) in [6, 6.07) is 0. The molecule has 3 rings (SSSR count). The van der Waals surface area contributed by atoms with Gasteiger partial charge in [-0.25, -0.2) is 0 Å². The fourth-order valence-corrected chi connectivity index (χ4v) is 4.63. The lowest BCUT2D eigenvalue weighted by Crippen LogP contribution is -2.16.